The molecule has 0 amide bonds. The predicted octanol–water partition coefficient (Wildman–Crippen LogP) is 5.41. The summed E-state index contributed by atoms with van der Waals surface area (Å²) in [4.78, 5) is 8.90. The van der Waals surface area contributed by atoms with Crippen LogP contribution in [-0.4, -0.2) is 9.97 Å². The van der Waals surface area contributed by atoms with Gasteiger partial charge in [0, 0.05) is 11.8 Å². The molecular formula is C20H18ClN5. The maximum absolute atomic E-state index is 9.23. The Morgan fingerprint density at radius 3 is 2.50 bits per heavy atom. The molecule has 0 unspecified atom stereocenters. The molecule has 2 aromatic carbocycles. The molecule has 3 rings (SSSR count). The summed E-state index contributed by atoms with van der Waals surface area (Å²) in [6, 6.07) is 15.2. The zero-order valence-electron chi connectivity index (χ0n) is 14.8. The fourth-order valence-corrected chi connectivity index (χ4v) is 3.07. The van der Waals surface area contributed by atoms with Crippen LogP contribution >= 0.6 is 11.6 Å². The standard InChI is InChI=1S/C20H18ClN5/c1-12-8-13(2)19(16(21)9-12)25-18-10-14(3)23-20(26-18)24-17-7-5-4-6-15(17)11-22/h4-10H,1-3H3,(H2,23,24,25,26). The van der Waals surface area contributed by atoms with Crippen LogP contribution in [0.1, 0.15) is 22.4 Å². The van der Waals surface area contributed by atoms with Crippen molar-refractivity contribution in [2.45, 2.75) is 20.8 Å². The topological polar surface area (TPSA) is 73.6 Å². The number of halogens is 1. The van der Waals surface area contributed by atoms with Crippen LogP contribution in [0.5, 0.6) is 0 Å². The van der Waals surface area contributed by atoms with Crippen molar-refractivity contribution in [1.82, 2.24) is 9.97 Å². The van der Waals surface area contributed by atoms with Crippen LogP contribution in [0.4, 0.5) is 23.1 Å². The van der Waals surface area contributed by atoms with Gasteiger partial charge in [-0.2, -0.15) is 10.2 Å². The minimum absolute atomic E-state index is 0.413. The van der Waals surface area contributed by atoms with Crippen molar-refractivity contribution in [2.75, 3.05) is 10.6 Å². The Morgan fingerprint density at radius 2 is 1.77 bits per heavy atom. The summed E-state index contributed by atoms with van der Waals surface area (Å²) in [6.07, 6.45) is 0. The highest BCUT2D eigenvalue weighted by atomic mass is 35.5. The Hall–Kier alpha value is -3.10. The number of hydrogen-bond acceptors (Lipinski definition) is 5. The number of nitriles is 1. The molecule has 130 valence electrons. The van der Waals surface area contributed by atoms with E-state index in [1.54, 1.807) is 6.07 Å². The summed E-state index contributed by atoms with van der Waals surface area (Å²) in [5.41, 5.74) is 4.95. The average molecular weight is 364 g/mol. The van der Waals surface area contributed by atoms with Crippen molar-refractivity contribution in [3.8, 4) is 6.07 Å². The van der Waals surface area contributed by atoms with Gasteiger partial charge >= 0.3 is 0 Å². The third-order valence-electron chi connectivity index (χ3n) is 3.83. The number of para-hydroxylation sites is 1. The molecule has 3 aromatic rings. The largest absolute Gasteiger partial charge is 0.339 e. The van der Waals surface area contributed by atoms with Gasteiger partial charge in [0.2, 0.25) is 5.95 Å². The third-order valence-corrected chi connectivity index (χ3v) is 4.13. The fraction of sp³-hybridized carbons (Fsp3) is 0.150. The number of benzene rings is 2. The summed E-state index contributed by atoms with van der Waals surface area (Å²) in [5, 5.41) is 16.3. The second-order valence-electron chi connectivity index (χ2n) is 6.06. The quantitative estimate of drug-likeness (QED) is 0.647. The van der Waals surface area contributed by atoms with E-state index in [1.807, 2.05) is 51.1 Å². The number of nitrogens with one attached hydrogen (secondary N) is 2. The van der Waals surface area contributed by atoms with E-state index in [4.69, 9.17) is 11.6 Å². The SMILES string of the molecule is Cc1cc(C)c(Nc2cc(C)nc(Nc3ccccc3C#N)n2)c(Cl)c1. The number of aryl methyl sites for hydroxylation is 3. The van der Waals surface area contributed by atoms with E-state index in [-0.39, 0.29) is 0 Å². The van der Waals surface area contributed by atoms with Gasteiger partial charge in [0.25, 0.3) is 0 Å². The van der Waals surface area contributed by atoms with Gasteiger partial charge in [0.15, 0.2) is 0 Å². The van der Waals surface area contributed by atoms with Gasteiger partial charge in [-0.25, -0.2) is 4.98 Å². The Balaban J connectivity index is 1.93. The van der Waals surface area contributed by atoms with Crippen LogP contribution in [0.3, 0.4) is 0 Å². The Bertz CT molecular complexity index is 984. The van der Waals surface area contributed by atoms with Crippen molar-refractivity contribution in [2.24, 2.45) is 0 Å². The molecule has 1 heterocycles. The average Bonchev–Trinajstić information content (AvgIpc) is 2.58. The first-order valence-electron chi connectivity index (χ1n) is 8.12. The first kappa shape index (κ1) is 17.7. The highest BCUT2D eigenvalue weighted by Crippen LogP contribution is 2.30. The summed E-state index contributed by atoms with van der Waals surface area (Å²) in [5.74, 6) is 1.04. The minimum atomic E-state index is 0.413. The van der Waals surface area contributed by atoms with Gasteiger partial charge in [-0.15, -0.1) is 0 Å². The first-order chi connectivity index (χ1) is 12.5. The summed E-state index contributed by atoms with van der Waals surface area (Å²) < 4.78 is 0. The van der Waals surface area contributed by atoms with Crippen molar-refractivity contribution >= 4 is 34.7 Å². The van der Waals surface area contributed by atoms with Gasteiger partial charge in [0.05, 0.1) is 22.0 Å². The number of aromatic nitrogens is 2. The van der Waals surface area contributed by atoms with Gasteiger partial charge in [-0.05, 0) is 50.1 Å². The van der Waals surface area contributed by atoms with E-state index in [2.05, 4.69) is 32.7 Å². The lowest BCUT2D eigenvalue weighted by Crippen LogP contribution is -2.04. The molecule has 0 atom stereocenters. The normalized spacial score (nSPS) is 10.3. The Kier molecular flexibility index (Phi) is 5.06. The van der Waals surface area contributed by atoms with E-state index in [1.165, 1.54) is 0 Å². The molecule has 0 spiro atoms. The molecule has 2 N–H and O–H groups in total. The molecule has 0 aliphatic carbocycles. The van der Waals surface area contributed by atoms with Crippen LogP contribution in [0, 0.1) is 32.1 Å². The Labute approximate surface area is 157 Å². The smallest absolute Gasteiger partial charge is 0.229 e. The molecule has 0 saturated heterocycles. The molecule has 1 aromatic heterocycles. The van der Waals surface area contributed by atoms with Crippen molar-refractivity contribution in [1.29, 1.82) is 5.26 Å². The zero-order valence-corrected chi connectivity index (χ0v) is 15.5. The fourth-order valence-electron chi connectivity index (χ4n) is 2.70. The van der Waals surface area contributed by atoms with E-state index in [0.29, 0.717) is 28.0 Å². The maximum atomic E-state index is 9.23. The highest BCUT2D eigenvalue weighted by Gasteiger charge is 2.10. The summed E-state index contributed by atoms with van der Waals surface area (Å²) in [6.45, 7) is 5.89. The molecule has 0 bridgehead atoms. The first-order valence-corrected chi connectivity index (χ1v) is 8.49. The van der Waals surface area contributed by atoms with Crippen LogP contribution < -0.4 is 10.6 Å². The third kappa shape index (κ3) is 3.93. The Morgan fingerprint density at radius 1 is 1.00 bits per heavy atom. The monoisotopic (exact) mass is 363 g/mol. The zero-order chi connectivity index (χ0) is 18.7. The number of hydrogen-bond donors (Lipinski definition) is 2. The second kappa shape index (κ2) is 7.42. The van der Waals surface area contributed by atoms with Gasteiger partial charge in [-0.3, -0.25) is 0 Å². The van der Waals surface area contributed by atoms with Gasteiger partial charge < -0.3 is 10.6 Å². The highest BCUT2D eigenvalue weighted by molar-refractivity contribution is 6.33. The molecule has 5 nitrogen and oxygen atoms in total. The summed E-state index contributed by atoms with van der Waals surface area (Å²) >= 11 is 6.38. The second-order valence-corrected chi connectivity index (χ2v) is 6.47. The van der Waals surface area contributed by atoms with Crippen LogP contribution in [-0.2, 0) is 0 Å². The molecule has 0 radical (unpaired) electrons. The van der Waals surface area contributed by atoms with E-state index < -0.39 is 0 Å². The molecular weight excluding hydrogens is 346 g/mol. The van der Waals surface area contributed by atoms with Crippen LogP contribution in [0.2, 0.25) is 5.02 Å². The van der Waals surface area contributed by atoms with Crippen molar-refractivity contribution < 1.29 is 0 Å². The molecule has 0 saturated carbocycles. The molecule has 0 fully saturated rings. The number of anilines is 4. The van der Waals surface area contributed by atoms with Gasteiger partial charge in [0.1, 0.15) is 11.9 Å². The van der Waals surface area contributed by atoms with E-state index in [9.17, 15) is 5.26 Å². The predicted molar refractivity (Wildman–Crippen MR) is 105 cm³/mol. The molecule has 26 heavy (non-hydrogen) atoms. The van der Waals surface area contributed by atoms with Crippen molar-refractivity contribution in [3.05, 3.63) is 69.9 Å². The lowest BCUT2D eigenvalue weighted by molar-refractivity contribution is 1.11. The van der Waals surface area contributed by atoms with Crippen molar-refractivity contribution in [3.63, 3.8) is 0 Å². The minimum Gasteiger partial charge on any atom is -0.339 e. The molecule has 6 heteroatoms. The lowest BCUT2D eigenvalue weighted by Gasteiger charge is -2.14. The molecule has 0 aliphatic rings. The lowest BCUT2D eigenvalue weighted by atomic mass is 10.1. The number of rotatable bonds is 4. The van der Waals surface area contributed by atoms with Gasteiger partial charge in [-0.1, -0.05) is 29.8 Å². The number of nitrogens with zero attached hydrogens (tertiary/aromatic N) is 3. The maximum Gasteiger partial charge on any atom is 0.229 e. The van der Waals surface area contributed by atoms with E-state index >= 15 is 0 Å². The van der Waals surface area contributed by atoms with Crippen LogP contribution in [0.15, 0.2) is 42.5 Å². The summed E-state index contributed by atoms with van der Waals surface area (Å²) in [7, 11) is 0. The molecule has 0 aliphatic heterocycles. The van der Waals surface area contributed by atoms with Crippen LogP contribution in [0.25, 0.3) is 0 Å². The van der Waals surface area contributed by atoms with E-state index in [0.717, 1.165) is 22.5 Å².